The Morgan fingerprint density at radius 1 is 1.17 bits per heavy atom. The van der Waals surface area contributed by atoms with E-state index in [9.17, 15) is 5.11 Å². The molecule has 2 rings (SSSR count). The van der Waals surface area contributed by atoms with Gasteiger partial charge in [0.15, 0.2) is 0 Å². The van der Waals surface area contributed by atoms with Crippen molar-refractivity contribution in [3.63, 3.8) is 0 Å². The maximum absolute atomic E-state index is 10.2. The molecular formula is C17H25NO5. The predicted octanol–water partition coefficient (Wildman–Crippen LogP) is 2.29. The Kier molecular flexibility index (Phi) is 7.89. The lowest BCUT2D eigenvalue weighted by molar-refractivity contribution is 0.00193. The summed E-state index contributed by atoms with van der Waals surface area (Å²) in [6, 6.07) is 7.46. The Morgan fingerprint density at radius 2 is 1.91 bits per heavy atom. The van der Waals surface area contributed by atoms with Crippen molar-refractivity contribution in [2.45, 2.75) is 25.7 Å². The fourth-order valence-corrected chi connectivity index (χ4v) is 2.33. The number of methoxy groups -OCH3 is 1. The minimum absolute atomic E-state index is 0.264. The highest BCUT2D eigenvalue weighted by Gasteiger charge is 2.14. The van der Waals surface area contributed by atoms with Gasteiger partial charge in [-0.05, 0) is 30.7 Å². The van der Waals surface area contributed by atoms with Gasteiger partial charge >= 0.3 is 0 Å². The number of aliphatic hydroxyl groups excluding tert-OH is 1. The highest BCUT2D eigenvalue weighted by Crippen LogP contribution is 2.08. The zero-order valence-corrected chi connectivity index (χ0v) is 13.5. The molecule has 6 heteroatoms. The second kappa shape index (κ2) is 10.2. The van der Waals surface area contributed by atoms with Gasteiger partial charge in [-0.2, -0.15) is 0 Å². The van der Waals surface area contributed by atoms with Gasteiger partial charge in [-0.1, -0.05) is 0 Å². The largest absolute Gasteiger partial charge is 0.468 e. The van der Waals surface area contributed by atoms with Crippen molar-refractivity contribution in [3.8, 4) is 0 Å². The zero-order chi connectivity index (χ0) is 16.3. The van der Waals surface area contributed by atoms with Crippen molar-refractivity contribution in [3.05, 3.63) is 48.3 Å². The van der Waals surface area contributed by atoms with E-state index in [4.69, 9.17) is 18.3 Å². The van der Waals surface area contributed by atoms with E-state index < -0.39 is 6.10 Å². The van der Waals surface area contributed by atoms with E-state index >= 15 is 0 Å². The molecule has 2 aromatic rings. The van der Waals surface area contributed by atoms with Gasteiger partial charge in [0.1, 0.15) is 18.1 Å². The van der Waals surface area contributed by atoms with Gasteiger partial charge in [-0.25, -0.2) is 0 Å². The Balaban J connectivity index is 1.73. The average molecular weight is 323 g/mol. The molecule has 0 unspecified atom stereocenters. The molecule has 0 radical (unpaired) electrons. The van der Waals surface area contributed by atoms with Gasteiger partial charge in [0.2, 0.25) is 0 Å². The van der Waals surface area contributed by atoms with E-state index in [1.54, 1.807) is 19.6 Å². The SMILES string of the molecule is COCCCN(Cc1ccco1)C[C@H](O)COCc1ccco1. The molecule has 0 amide bonds. The molecule has 6 nitrogen and oxygen atoms in total. The standard InChI is InChI=1S/C17H25NO5/c1-20-8-4-7-18(12-16-5-2-9-22-16)11-15(19)13-21-14-17-6-3-10-23-17/h2-3,5-6,9-10,15,19H,4,7-8,11-14H2,1H3/t15-/m0/s1. The molecule has 0 aromatic carbocycles. The van der Waals surface area contributed by atoms with Gasteiger partial charge in [0.25, 0.3) is 0 Å². The number of nitrogens with zero attached hydrogens (tertiary/aromatic N) is 1. The fourth-order valence-electron chi connectivity index (χ4n) is 2.33. The quantitative estimate of drug-likeness (QED) is 0.605. The Bertz CT molecular complexity index is 497. The zero-order valence-electron chi connectivity index (χ0n) is 13.5. The first-order valence-electron chi connectivity index (χ1n) is 7.80. The summed E-state index contributed by atoms with van der Waals surface area (Å²) in [6.45, 7) is 3.32. The van der Waals surface area contributed by atoms with Gasteiger partial charge in [0, 0.05) is 26.8 Å². The van der Waals surface area contributed by atoms with Crippen LogP contribution in [0.15, 0.2) is 45.6 Å². The van der Waals surface area contributed by atoms with Crippen LogP contribution in [0.25, 0.3) is 0 Å². The maximum atomic E-state index is 10.2. The van der Waals surface area contributed by atoms with Crippen LogP contribution in [0, 0.1) is 0 Å². The van der Waals surface area contributed by atoms with Crippen molar-refractivity contribution in [2.75, 3.05) is 33.4 Å². The first-order chi connectivity index (χ1) is 11.3. The lowest BCUT2D eigenvalue weighted by atomic mass is 10.3. The molecule has 0 spiro atoms. The van der Waals surface area contributed by atoms with E-state index in [0.717, 1.165) is 24.5 Å². The van der Waals surface area contributed by atoms with Crippen LogP contribution in [0.2, 0.25) is 0 Å². The Labute approximate surface area is 136 Å². The van der Waals surface area contributed by atoms with Crippen LogP contribution in [0.4, 0.5) is 0 Å². The summed E-state index contributed by atoms with van der Waals surface area (Å²) in [4.78, 5) is 2.14. The maximum Gasteiger partial charge on any atom is 0.129 e. The van der Waals surface area contributed by atoms with Crippen molar-refractivity contribution >= 4 is 0 Å². The highest BCUT2D eigenvalue weighted by molar-refractivity contribution is 4.98. The van der Waals surface area contributed by atoms with Crippen LogP contribution in [0.5, 0.6) is 0 Å². The third kappa shape index (κ3) is 7.00. The van der Waals surface area contributed by atoms with Crippen molar-refractivity contribution in [2.24, 2.45) is 0 Å². The summed E-state index contributed by atoms with van der Waals surface area (Å²) in [5, 5.41) is 10.2. The number of hydrogen-bond acceptors (Lipinski definition) is 6. The summed E-state index contributed by atoms with van der Waals surface area (Å²) in [5.41, 5.74) is 0. The van der Waals surface area contributed by atoms with Crippen LogP contribution in [0.3, 0.4) is 0 Å². The molecule has 23 heavy (non-hydrogen) atoms. The second-order valence-electron chi connectivity index (χ2n) is 5.41. The summed E-state index contributed by atoms with van der Waals surface area (Å²) < 4.78 is 21.1. The first kappa shape index (κ1) is 17.7. The van der Waals surface area contributed by atoms with E-state index in [2.05, 4.69) is 4.90 Å². The molecule has 0 fully saturated rings. The lowest BCUT2D eigenvalue weighted by Crippen LogP contribution is -2.35. The van der Waals surface area contributed by atoms with Crippen LogP contribution in [0.1, 0.15) is 17.9 Å². The fraction of sp³-hybridized carbons (Fsp3) is 0.529. The van der Waals surface area contributed by atoms with Crippen LogP contribution in [-0.2, 0) is 22.6 Å². The van der Waals surface area contributed by atoms with E-state index in [-0.39, 0.29) is 6.61 Å². The molecule has 0 bridgehead atoms. The van der Waals surface area contributed by atoms with Crippen molar-refractivity contribution < 1.29 is 23.4 Å². The smallest absolute Gasteiger partial charge is 0.129 e. The second-order valence-corrected chi connectivity index (χ2v) is 5.41. The third-order valence-electron chi connectivity index (χ3n) is 3.39. The number of rotatable bonds is 12. The molecule has 1 atom stereocenters. The number of ether oxygens (including phenoxy) is 2. The summed E-state index contributed by atoms with van der Waals surface area (Å²) in [6.07, 6.45) is 3.60. The van der Waals surface area contributed by atoms with E-state index in [1.165, 1.54) is 0 Å². The van der Waals surface area contributed by atoms with Gasteiger partial charge in [-0.15, -0.1) is 0 Å². The number of furan rings is 2. The minimum Gasteiger partial charge on any atom is -0.468 e. The molecule has 2 aromatic heterocycles. The molecule has 0 saturated heterocycles. The van der Waals surface area contributed by atoms with Gasteiger partial charge < -0.3 is 23.4 Å². The molecule has 0 aliphatic rings. The number of hydrogen-bond donors (Lipinski definition) is 1. The summed E-state index contributed by atoms with van der Waals surface area (Å²) in [7, 11) is 1.69. The topological polar surface area (TPSA) is 68.2 Å². The Hall–Kier alpha value is -1.60. The monoisotopic (exact) mass is 323 g/mol. The van der Waals surface area contributed by atoms with Crippen LogP contribution < -0.4 is 0 Å². The molecule has 128 valence electrons. The summed E-state index contributed by atoms with van der Waals surface area (Å²) >= 11 is 0. The minimum atomic E-state index is -0.567. The van der Waals surface area contributed by atoms with Crippen molar-refractivity contribution in [1.29, 1.82) is 0 Å². The third-order valence-corrected chi connectivity index (χ3v) is 3.39. The van der Waals surface area contributed by atoms with Gasteiger partial charge in [0.05, 0.1) is 31.8 Å². The highest BCUT2D eigenvalue weighted by atomic mass is 16.5. The molecule has 0 aliphatic heterocycles. The van der Waals surface area contributed by atoms with Crippen LogP contribution in [-0.4, -0.2) is 49.5 Å². The lowest BCUT2D eigenvalue weighted by Gasteiger charge is -2.24. The summed E-state index contributed by atoms with van der Waals surface area (Å²) in [5.74, 6) is 1.64. The molecule has 1 N–H and O–H groups in total. The van der Waals surface area contributed by atoms with Crippen LogP contribution >= 0.6 is 0 Å². The average Bonchev–Trinajstić information content (AvgIpc) is 3.21. The normalized spacial score (nSPS) is 12.8. The molecular weight excluding hydrogens is 298 g/mol. The molecule has 0 aliphatic carbocycles. The van der Waals surface area contributed by atoms with Gasteiger partial charge in [-0.3, -0.25) is 4.90 Å². The molecule has 2 heterocycles. The van der Waals surface area contributed by atoms with E-state index in [0.29, 0.717) is 26.3 Å². The Morgan fingerprint density at radius 3 is 2.57 bits per heavy atom. The predicted molar refractivity (Wildman–Crippen MR) is 84.8 cm³/mol. The molecule has 0 saturated carbocycles. The number of aliphatic hydroxyl groups is 1. The van der Waals surface area contributed by atoms with Crippen molar-refractivity contribution in [1.82, 2.24) is 4.90 Å². The van der Waals surface area contributed by atoms with E-state index in [1.807, 2.05) is 24.3 Å². The first-order valence-corrected chi connectivity index (χ1v) is 7.80.